The van der Waals surface area contributed by atoms with Crippen molar-refractivity contribution >= 4 is 0 Å². The summed E-state index contributed by atoms with van der Waals surface area (Å²) in [5, 5.41) is 9.67. The lowest BCUT2D eigenvalue weighted by molar-refractivity contribution is 0.468. The number of phenols is 1. The molecule has 2 aromatic rings. The van der Waals surface area contributed by atoms with Crippen LogP contribution in [-0.2, 0) is 6.54 Å². The minimum Gasteiger partial charge on any atom is -0.508 e. The molecule has 0 saturated heterocycles. The molecular formula is C11H13N3O. The van der Waals surface area contributed by atoms with Crippen molar-refractivity contribution in [2.45, 2.75) is 13.5 Å². The number of benzene rings is 1. The van der Waals surface area contributed by atoms with E-state index in [0.29, 0.717) is 6.54 Å². The molecule has 0 fully saturated rings. The zero-order valence-corrected chi connectivity index (χ0v) is 8.51. The molecular weight excluding hydrogens is 190 g/mol. The first kappa shape index (κ1) is 9.73. The van der Waals surface area contributed by atoms with Crippen molar-refractivity contribution < 1.29 is 5.11 Å². The van der Waals surface area contributed by atoms with E-state index in [0.717, 1.165) is 17.1 Å². The Labute approximate surface area is 88.0 Å². The second-order valence-corrected chi connectivity index (χ2v) is 3.32. The Hall–Kier alpha value is -1.81. The van der Waals surface area contributed by atoms with Crippen LogP contribution in [0.3, 0.4) is 0 Å². The van der Waals surface area contributed by atoms with Crippen LogP contribution in [0.5, 0.6) is 5.75 Å². The predicted octanol–water partition coefficient (Wildman–Crippen LogP) is 1.35. The van der Waals surface area contributed by atoms with Crippen molar-refractivity contribution in [1.82, 2.24) is 9.55 Å². The summed E-state index contributed by atoms with van der Waals surface area (Å²) in [6, 6.07) is 5.35. The maximum atomic E-state index is 9.67. The molecule has 0 atom stereocenters. The predicted molar refractivity (Wildman–Crippen MR) is 57.9 cm³/mol. The number of aryl methyl sites for hydroxylation is 1. The molecule has 0 unspecified atom stereocenters. The van der Waals surface area contributed by atoms with Gasteiger partial charge in [-0.3, -0.25) is 0 Å². The Kier molecular flexibility index (Phi) is 2.43. The lowest BCUT2D eigenvalue weighted by Crippen LogP contribution is -2.05. The summed E-state index contributed by atoms with van der Waals surface area (Å²) >= 11 is 0. The van der Waals surface area contributed by atoms with Crippen LogP contribution in [-0.4, -0.2) is 14.7 Å². The van der Waals surface area contributed by atoms with Crippen LogP contribution in [0.15, 0.2) is 30.6 Å². The van der Waals surface area contributed by atoms with Crippen LogP contribution < -0.4 is 5.73 Å². The molecule has 0 aliphatic rings. The van der Waals surface area contributed by atoms with Gasteiger partial charge in [-0.25, -0.2) is 4.98 Å². The fourth-order valence-corrected chi connectivity index (χ4v) is 1.63. The van der Waals surface area contributed by atoms with Crippen LogP contribution in [0.4, 0.5) is 0 Å². The molecule has 1 aromatic carbocycles. The molecule has 2 rings (SSSR count). The molecule has 0 radical (unpaired) electrons. The van der Waals surface area contributed by atoms with Crippen LogP contribution in [0.25, 0.3) is 5.69 Å². The van der Waals surface area contributed by atoms with Crippen molar-refractivity contribution in [2.24, 2.45) is 5.73 Å². The summed E-state index contributed by atoms with van der Waals surface area (Å²) in [6.07, 6.45) is 3.57. The van der Waals surface area contributed by atoms with E-state index in [1.54, 1.807) is 18.3 Å². The standard InChI is InChI=1S/C11H13N3O/c1-8-13-5-6-14(8)10-3-2-4-11(15)9(10)7-12/h2-6,15H,7,12H2,1H3. The van der Waals surface area contributed by atoms with Crippen LogP contribution >= 0.6 is 0 Å². The molecule has 4 heteroatoms. The topological polar surface area (TPSA) is 64.1 Å². The zero-order valence-electron chi connectivity index (χ0n) is 8.51. The Morgan fingerprint density at radius 3 is 2.87 bits per heavy atom. The number of aromatic nitrogens is 2. The quantitative estimate of drug-likeness (QED) is 0.774. The fourth-order valence-electron chi connectivity index (χ4n) is 1.63. The SMILES string of the molecule is Cc1nccn1-c1cccc(O)c1CN. The van der Waals surface area contributed by atoms with Crippen molar-refractivity contribution in [3.8, 4) is 11.4 Å². The lowest BCUT2D eigenvalue weighted by atomic mass is 10.1. The van der Waals surface area contributed by atoms with E-state index >= 15 is 0 Å². The number of hydrogen-bond donors (Lipinski definition) is 2. The molecule has 0 spiro atoms. The minimum absolute atomic E-state index is 0.225. The number of nitrogens with zero attached hydrogens (tertiary/aromatic N) is 2. The number of aromatic hydroxyl groups is 1. The smallest absolute Gasteiger partial charge is 0.122 e. The number of hydrogen-bond acceptors (Lipinski definition) is 3. The van der Waals surface area contributed by atoms with Gasteiger partial charge in [0, 0.05) is 24.5 Å². The molecule has 0 aliphatic carbocycles. The van der Waals surface area contributed by atoms with Crippen LogP contribution in [0.2, 0.25) is 0 Å². The summed E-state index contributed by atoms with van der Waals surface area (Å²) < 4.78 is 1.90. The van der Waals surface area contributed by atoms with E-state index in [1.807, 2.05) is 23.8 Å². The Morgan fingerprint density at radius 1 is 1.47 bits per heavy atom. The van der Waals surface area contributed by atoms with E-state index in [4.69, 9.17) is 5.73 Å². The summed E-state index contributed by atoms with van der Waals surface area (Å²) in [6.45, 7) is 2.21. The van der Waals surface area contributed by atoms with Gasteiger partial charge in [-0.15, -0.1) is 0 Å². The third kappa shape index (κ3) is 1.59. The third-order valence-electron chi connectivity index (χ3n) is 2.42. The van der Waals surface area contributed by atoms with E-state index in [-0.39, 0.29) is 5.75 Å². The monoisotopic (exact) mass is 203 g/mol. The van der Waals surface area contributed by atoms with Gasteiger partial charge in [-0.2, -0.15) is 0 Å². The van der Waals surface area contributed by atoms with Gasteiger partial charge in [-0.05, 0) is 19.1 Å². The van der Waals surface area contributed by atoms with E-state index in [2.05, 4.69) is 4.98 Å². The lowest BCUT2D eigenvalue weighted by Gasteiger charge is -2.11. The van der Waals surface area contributed by atoms with E-state index in [1.165, 1.54) is 0 Å². The largest absolute Gasteiger partial charge is 0.508 e. The third-order valence-corrected chi connectivity index (χ3v) is 2.42. The Bertz CT molecular complexity index is 476. The van der Waals surface area contributed by atoms with Gasteiger partial charge in [0.2, 0.25) is 0 Å². The molecule has 0 bridgehead atoms. The van der Waals surface area contributed by atoms with Gasteiger partial charge in [0.1, 0.15) is 11.6 Å². The van der Waals surface area contributed by atoms with Crippen molar-refractivity contribution in [3.63, 3.8) is 0 Å². The molecule has 0 amide bonds. The minimum atomic E-state index is 0.225. The molecule has 1 aromatic heterocycles. The average molecular weight is 203 g/mol. The van der Waals surface area contributed by atoms with Crippen LogP contribution in [0, 0.1) is 6.92 Å². The Morgan fingerprint density at radius 2 is 2.27 bits per heavy atom. The second-order valence-electron chi connectivity index (χ2n) is 3.32. The summed E-state index contributed by atoms with van der Waals surface area (Å²) in [5.74, 6) is 1.10. The molecule has 4 nitrogen and oxygen atoms in total. The highest BCUT2D eigenvalue weighted by atomic mass is 16.3. The fraction of sp³-hybridized carbons (Fsp3) is 0.182. The molecule has 0 aliphatic heterocycles. The highest BCUT2D eigenvalue weighted by molar-refractivity contribution is 5.49. The van der Waals surface area contributed by atoms with Crippen LogP contribution in [0.1, 0.15) is 11.4 Å². The zero-order chi connectivity index (χ0) is 10.8. The molecule has 15 heavy (non-hydrogen) atoms. The summed E-state index contributed by atoms with van der Waals surface area (Å²) in [7, 11) is 0. The number of rotatable bonds is 2. The molecule has 3 N–H and O–H groups in total. The Balaban J connectivity index is 2.63. The van der Waals surface area contributed by atoms with Gasteiger partial charge in [0.05, 0.1) is 5.69 Å². The maximum Gasteiger partial charge on any atom is 0.122 e. The molecule has 78 valence electrons. The van der Waals surface area contributed by atoms with E-state index < -0.39 is 0 Å². The van der Waals surface area contributed by atoms with E-state index in [9.17, 15) is 5.11 Å². The first-order valence-electron chi connectivity index (χ1n) is 4.75. The number of imidazole rings is 1. The number of nitrogens with two attached hydrogens (primary N) is 1. The first-order valence-corrected chi connectivity index (χ1v) is 4.75. The second kappa shape index (κ2) is 3.74. The van der Waals surface area contributed by atoms with Crippen molar-refractivity contribution in [3.05, 3.63) is 42.0 Å². The summed E-state index contributed by atoms with van der Waals surface area (Å²) in [5.41, 5.74) is 7.23. The van der Waals surface area contributed by atoms with Crippen molar-refractivity contribution in [2.75, 3.05) is 0 Å². The van der Waals surface area contributed by atoms with Gasteiger partial charge in [0.25, 0.3) is 0 Å². The van der Waals surface area contributed by atoms with Gasteiger partial charge in [-0.1, -0.05) is 6.07 Å². The summed E-state index contributed by atoms with van der Waals surface area (Å²) in [4.78, 5) is 4.14. The molecule has 1 heterocycles. The normalized spacial score (nSPS) is 10.5. The maximum absolute atomic E-state index is 9.67. The number of phenolic OH excluding ortho intramolecular Hbond substituents is 1. The highest BCUT2D eigenvalue weighted by Crippen LogP contribution is 2.24. The van der Waals surface area contributed by atoms with Gasteiger partial charge in [0.15, 0.2) is 0 Å². The van der Waals surface area contributed by atoms with Gasteiger partial charge >= 0.3 is 0 Å². The van der Waals surface area contributed by atoms with Crippen molar-refractivity contribution in [1.29, 1.82) is 0 Å². The first-order chi connectivity index (χ1) is 7.24. The average Bonchev–Trinajstić information content (AvgIpc) is 2.64. The van der Waals surface area contributed by atoms with Gasteiger partial charge < -0.3 is 15.4 Å². The molecule has 0 saturated carbocycles. The highest BCUT2D eigenvalue weighted by Gasteiger charge is 2.08.